The lowest BCUT2D eigenvalue weighted by Crippen LogP contribution is -2.29. The molecule has 6 heteroatoms. The minimum Gasteiger partial charge on any atom is -0.377 e. The summed E-state index contributed by atoms with van der Waals surface area (Å²) in [6, 6.07) is 3.65. The van der Waals surface area contributed by atoms with E-state index in [1.807, 2.05) is 6.07 Å². The largest absolute Gasteiger partial charge is 0.377 e. The van der Waals surface area contributed by atoms with Crippen LogP contribution in [-0.4, -0.2) is 56.9 Å². The second-order valence-electron chi connectivity index (χ2n) is 4.43. The molecule has 5 nitrogen and oxygen atoms in total. The molecule has 2 rings (SSSR count). The summed E-state index contributed by atoms with van der Waals surface area (Å²) in [7, 11) is 3.27. The highest BCUT2D eigenvalue weighted by atomic mass is 32.1. The van der Waals surface area contributed by atoms with Gasteiger partial charge in [-0.25, -0.2) is 0 Å². The van der Waals surface area contributed by atoms with E-state index in [1.54, 1.807) is 25.2 Å². The third kappa shape index (κ3) is 3.19. The smallest absolute Gasteiger partial charge is 0.264 e. The van der Waals surface area contributed by atoms with Gasteiger partial charge in [-0.3, -0.25) is 4.79 Å². The number of amides is 1. The molecule has 108 valence electrons. The molecule has 20 heavy (non-hydrogen) atoms. The molecule has 0 aromatic carbocycles. The van der Waals surface area contributed by atoms with Crippen molar-refractivity contribution in [1.29, 1.82) is 0 Å². The number of rotatable bonds is 3. The van der Waals surface area contributed by atoms with Crippen molar-refractivity contribution in [3.63, 3.8) is 0 Å². The van der Waals surface area contributed by atoms with Crippen LogP contribution in [0.25, 0.3) is 0 Å². The van der Waals surface area contributed by atoms with Crippen LogP contribution in [0.3, 0.4) is 0 Å². The van der Waals surface area contributed by atoms with Crippen LogP contribution in [0.5, 0.6) is 0 Å². The topological polar surface area (TPSA) is 64.8 Å². The lowest BCUT2D eigenvalue weighted by atomic mass is 10.3. The SMILES string of the molecule is COC1CN(C(=O)c2ccc(C#CCN)s2)CC1OC. The summed E-state index contributed by atoms with van der Waals surface area (Å²) < 4.78 is 10.7. The molecule has 1 aliphatic rings. The first-order chi connectivity index (χ1) is 9.69. The first kappa shape index (κ1) is 15.0. The Morgan fingerprint density at radius 1 is 1.40 bits per heavy atom. The second-order valence-corrected chi connectivity index (χ2v) is 5.51. The molecule has 2 N–H and O–H groups in total. The maximum atomic E-state index is 12.4. The van der Waals surface area contributed by atoms with Gasteiger partial charge in [0.25, 0.3) is 5.91 Å². The highest BCUT2D eigenvalue weighted by Gasteiger charge is 2.36. The first-order valence-corrected chi connectivity index (χ1v) is 7.15. The van der Waals surface area contributed by atoms with Gasteiger partial charge in [0.2, 0.25) is 0 Å². The summed E-state index contributed by atoms with van der Waals surface area (Å²) >= 11 is 1.38. The van der Waals surface area contributed by atoms with Gasteiger partial charge in [0.15, 0.2) is 0 Å². The Balaban J connectivity index is 2.06. The number of carbonyl (C=O) groups is 1. The fraction of sp³-hybridized carbons (Fsp3) is 0.500. The molecular formula is C14H18N2O3S. The normalized spacial score (nSPS) is 21.6. The van der Waals surface area contributed by atoms with Gasteiger partial charge in [-0.1, -0.05) is 11.8 Å². The number of methoxy groups -OCH3 is 2. The fourth-order valence-corrected chi connectivity index (χ4v) is 3.03. The third-order valence-corrected chi connectivity index (χ3v) is 4.23. The van der Waals surface area contributed by atoms with E-state index in [9.17, 15) is 4.79 Å². The Labute approximate surface area is 122 Å². The molecule has 2 unspecified atom stereocenters. The second kappa shape index (κ2) is 6.86. The standard InChI is InChI=1S/C14H18N2O3S/c1-18-11-8-16(9-12(11)19-2)14(17)13-6-5-10(20-13)4-3-7-15/h5-6,11-12H,7-9,15H2,1-2H3. The molecule has 0 radical (unpaired) electrons. The van der Waals surface area contributed by atoms with Crippen LogP contribution >= 0.6 is 11.3 Å². The third-order valence-electron chi connectivity index (χ3n) is 3.24. The minimum atomic E-state index is -0.0691. The Morgan fingerprint density at radius 3 is 2.60 bits per heavy atom. The highest BCUT2D eigenvalue weighted by molar-refractivity contribution is 7.14. The van der Waals surface area contributed by atoms with Crippen LogP contribution in [0.4, 0.5) is 0 Å². The highest BCUT2D eigenvalue weighted by Crippen LogP contribution is 2.22. The Morgan fingerprint density at radius 2 is 2.05 bits per heavy atom. The molecule has 0 bridgehead atoms. The molecule has 1 aromatic heterocycles. The summed E-state index contributed by atoms with van der Waals surface area (Å²) in [5.74, 6) is 5.71. The van der Waals surface area contributed by atoms with E-state index in [-0.39, 0.29) is 18.1 Å². The molecule has 1 aromatic rings. The Hall–Kier alpha value is -1.39. The lowest BCUT2D eigenvalue weighted by molar-refractivity contribution is -0.00461. The molecule has 1 fully saturated rings. The van der Waals surface area contributed by atoms with Gasteiger partial charge >= 0.3 is 0 Å². The zero-order valence-electron chi connectivity index (χ0n) is 11.6. The van der Waals surface area contributed by atoms with Crippen molar-refractivity contribution in [2.45, 2.75) is 12.2 Å². The monoisotopic (exact) mass is 294 g/mol. The van der Waals surface area contributed by atoms with E-state index >= 15 is 0 Å². The van der Waals surface area contributed by atoms with Crippen LogP contribution in [0.15, 0.2) is 12.1 Å². The van der Waals surface area contributed by atoms with Gasteiger partial charge in [-0.2, -0.15) is 0 Å². The Kier molecular flexibility index (Phi) is 5.15. The number of likely N-dealkylation sites (tertiary alicyclic amines) is 1. The maximum absolute atomic E-state index is 12.4. The Bertz CT molecular complexity index is 520. The number of thiophene rings is 1. The molecule has 1 saturated heterocycles. The van der Waals surface area contributed by atoms with Gasteiger partial charge in [0.1, 0.15) is 12.2 Å². The molecule has 2 heterocycles. The molecular weight excluding hydrogens is 276 g/mol. The number of ether oxygens (including phenoxy) is 2. The number of carbonyl (C=O) groups excluding carboxylic acids is 1. The summed E-state index contributed by atoms with van der Waals surface area (Å²) in [5.41, 5.74) is 5.33. The van der Waals surface area contributed by atoms with E-state index in [2.05, 4.69) is 11.8 Å². The zero-order valence-corrected chi connectivity index (χ0v) is 12.4. The van der Waals surface area contributed by atoms with E-state index in [4.69, 9.17) is 15.2 Å². The van der Waals surface area contributed by atoms with E-state index in [0.29, 0.717) is 24.5 Å². The minimum absolute atomic E-state index is 0.00241. The van der Waals surface area contributed by atoms with Gasteiger partial charge in [0.05, 0.1) is 16.3 Å². The summed E-state index contributed by atoms with van der Waals surface area (Å²) in [5, 5.41) is 0. The summed E-state index contributed by atoms with van der Waals surface area (Å²) in [6.45, 7) is 1.42. The van der Waals surface area contributed by atoms with Crippen molar-refractivity contribution in [2.24, 2.45) is 5.73 Å². The van der Waals surface area contributed by atoms with Crippen LogP contribution in [0.2, 0.25) is 0 Å². The molecule has 1 amide bonds. The average molecular weight is 294 g/mol. The molecule has 0 aliphatic carbocycles. The summed E-state index contributed by atoms with van der Waals surface area (Å²) in [6.07, 6.45) is -0.138. The van der Waals surface area contributed by atoms with E-state index in [1.165, 1.54) is 11.3 Å². The molecule has 0 saturated carbocycles. The first-order valence-electron chi connectivity index (χ1n) is 6.33. The number of nitrogens with zero attached hydrogens (tertiary/aromatic N) is 1. The lowest BCUT2D eigenvalue weighted by Gasteiger charge is -2.14. The van der Waals surface area contributed by atoms with Crippen molar-refractivity contribution < 1.29 is 14.3 Å². The van der Waals surface area contributed by atoms with Crippen LogP contribution in [0, 0.1) is 11.8 Å². The number of nitrogens with two attached hydrogens (primary N) is 1. The fourth-order valence-electron chi connectivity index (χ4n) is 2.18. The predicted octanol–water partition coefficient (Wildman–Crippen LogP) is 0.544. The molecule has 0 spiro atoms. The maximum Gasteiger partial charge on any atom is 0.264 e. The van der Waals surface area contributed by atoms with Gasteiger partial charge in [-0.05, 0) is 12.1 Å². The van der Waals surface area contributed by atoms with E-state index in [0.717, 1.165) is 4.88 Å². The molecule has 2 atom stereocenters. The van der Waals surface area contributed by atoms with Crippen molar-refractivity contribution in [1.82, 2.24) is 4.90 Å². The summed E-state index contributed by atoms with van der Waals surface area (Å²) in [4.78, 5) is 15.7. The molecule has 1 aliphatic heterocycles. The zero-order chi connectivity index (χ0) is 14.5. The van der Waals surface area contributed by atoms with Gasteiger partial charge in [-0.15, -0.1) is 11.3 Å². The van der Waals surface area contributed by atoms with Gasteiger partial charge in [0, 0.05) is 27.3 Å². The van der Waals surface area contributed by atoms with Crippen molar-refractivity contribution >= 4 is 17.2 Å². The predicted molar refractivity (Wildman–Crippen MR) is 77.7 cm³/mol. The van der Waals surface area contributed by atoms with Crippen molar-refractivity contribution in [3.05, 3.63) is 21.9 Å². The van der Waals surface area contributed by atoms with Crippen molar-refractivity contribution in [3.8, 4) is 11.8 Å². The van der Waals surface area contributed by atoms with Crippen molar-refractivity contribution in [2.75, 3.05) is 33.9 Å². The van der Waals surface area contributed by atoms with Crippen LogP contribution in [-0.2, 0) is 9.47 Å². The van der Waals surface area contributed by atoms with E-state index < -0.39 is 0 Å². The quantitative estimate of drug-likeness (QED) is 0.827. The van der Waals surface area contributed by atoms with Gasteiger partial charge < -0.3 is 20.1 Å². The average Bonchev–Trinajstić information content (AvgIpc) is 3.10. The van der Waals surface area contributed by atoms with Crippen LogP contribution < -0.4 is 5.73 Å². The number of hydrogen-bond donors (Lipinski definition) is 1. The van der Waals surface area contributed by atoms with Crippen LogP contribution in [0.1, 0.15) is 14.5 Å². The number of hydrogen-bond acceptors (Lipinski definition) is 5.